The van der Waals surface area contributed by atoms with E-state index in [-0.39, 0.29) is 30.9 Å². The molecular formula is C12H16N2O4S. The van der Waals surface area contributed by atoms with Crippen molar-refractivity contribution in [1.29, 1.82) is 0 Å². The van der Waals surface area contributed by atoms with Gasteiger partial charge in [-0.2, -0.15) is 8.42 Å². The summed E-state index contributed by atoms with van der Waals surface area (Å²) in [7, 11) is -1.79. The average Bonchev–Trinajstić information content (AvgIpc) is 2.63. The average molecular weight is 284 g/mol. The van der Waals surface area contributed by atoms with Crippen molar-refractivity contribution >= 4 is 16.0 Å². The van der Waals surface area contributed by atoms with Gasteiger partial charge >= 0.3 is 0 Å². The van der Waals surface area contributed by atoms with Crippen molar-refractivity contribution in [3.63, 3.8) is 0 Å². The molecule has 1 saturated heterocycles. The van der Waals surface area contributed by atoms with E-state index >= 15 is 0 Å². The van der Waals surface area contributed by atoms with Crippen molar-refractivity contribution in [2.75, 3.05) is 19.9 Å². The number of amides is 1. The van der Waals surface area contributed by atoms with Gasteiger partial charge in [0.1, 0.15) is 0 Å². The van der Waals surface area contributed by atoms with Crippen LogP contribution in [0.4, 0.5) is 0 Å². The van der Waals surface area contributed by atoms with E-state index in [1.165, 1.54) is 0 Å². The Morgan fingerprint density at radius 3 is 2.84 bits per heavy atom. The summed E-state index contributed by atoms with van der Waals surface area (Å²) in [5.41, 5.74) is 0.887. The predicted octanol–water partition coefficient (Wildman–Crippen LogP) is 0.577. The van der Waals surface area contributed by atoms with Gasteiger partial charge in [0.15, 0.2) is 0 Å². The van der Waals surface area contributed by atoms with Gasteiger partial charge in [-0.1, -0.05) is 6.07 Å². The highest BCUT2D eigenvalue weighted by atomic mass is 32.2. The molecule has 0 N–H and O–H groups in total. The Hall–Kier alpha value is -1.47. The van der Waals surface area contributed by atoms with Crippen LogP contribution in [-0.2, 0) is 19.1 Å². The maximum Gasteiger partial charge on any atom is 0.264 e. The third kappa shape index (κ3) is 3.30. The molecule has 0 saturated carbocycles. The maximum absolute atomic E-state index is 11.8. The smallest absolute Gasteiger partial charge is 0.264 e. The molecule has 1 aromatic rings. The summed E-state index contributed by atoms with van der Waals surface area (Å²) in [6, 6.07) is 3.48. The van der Waals surface area contributed by atoms with Crippen LogP contribution in [0.2, 0.25) is 0 Å². The number of carbonyl (C=O) groups is 1. The summed E-state index contributed by atoms with van der Waals surface area (Å²) in [5.74, 6) is -0.202. The maximum atomic E-state index is 11.8. The minimum absolute atomic E-state index is 0.00841. The van der Waals surface area contributed by atoms with Crippen molar-refractivity contribution < 1.29 is 17.4 Å². The Morgan fingerprint density at radius 2 is 2.26 bits per heavy atom. The van der Waals surface area contributed by atoms with Crippen LogP contribution in [0.25, 0.3) is 0 Å². The van der Waals surface area contributed by atoms with Crippen LogP contribution in [0.5, 0.6) is 0 Å². The lowest BCUT2D eigenvalue weighted by atomic mass is 9.96. The standard InChI is InChI=1S/C12H16N2O4S/c1-14-11(15)6-10(8-18-19(2,16)17)12(14)9-4-3-5-13-7-9/h3-5,7,10,12H,6,8H2,1-2H3. The fraction of sp³-hybridized carbons (Fsp3) is 0.500. The molecule has 0 aliphatic carbocycles. The molecule has 19 heavy (non-hydrogen) atoms. The van der Waals surface area contributed by atoms with Crippen LogP contribution in [0.15, 0.2) is 24.5 Å². The van der Waals surface area contributed by atoms with Gasteiger partial charge in [0.25, 0.3) is 10.1 Å². The molecule has 0 bridgehead atoms. The Balaban J connectivity index is 2.20. The summed E-state index contributed by atoms with van der Waals surface area (Å²) in [4.78, 5) is 17.4. The van der Waals surface area contributed by atoms with Crippen LogP contribution in [0.1, 0.15) is 18.0 Å². The second-order valence-electron chi connectivity index (χ2n) is 4.69. The number of rotatable bonds is 4. The number of hydrogen-bond donors (Lipinski definition) is 0. The molecule has 7 heteroatoms. The molecule has 2 heterocycles. The Bertz CT molecular complexity index is 558. The van der Waals surface area contributed by atoms with E-state index in [2.05, 4.69) is 4.98 Å². The van der Waals surface area contributed by atoms with Gasteiger partial charge in [-0.3, -0.25) is 14.0 Å². The fourth-order valence-electron chi connectivity index (χ4n) is 2.36. The van der Waals surface area contributed by atoms with E-state index in [0.717, 1.165) is 11.8 Å². The minimum Gasteiger partial charge on any atom is -0.338 e. The normalized spacial score (nSPS) is 23.9. The lowest BCUT2D eigenvalue weighted by Gasteiger charge is -2.24. The molecular weight excluding hydrogens is 268 g/mol. The summed E-state index contributed by atoms with van der Waals surface area (Å²) in [6.07, 6.45) is 4.63. The molecule has 1 fully saturated rings. The lowest BCUT2D eigenvalue weighted by molar-refractivity contribution is -0.127. The Morgan fingerprint density at radius 1 is 1.53 bits per heavy atom. The van der Waals surface area contributed by atoms with Crippen LogP contribution in [-0.4, -0.2) is 44.1 Å². The van der Waals surface area contributed by atoms with Crippen molar-refractivity contribution in [3.8, 4) is 0 Å². The first kappa shape index (κ1) is 14.0. The molecule has 1 aromatic heterocycles. The van der Waals surface area contributed by atoms with Crippen LogP contribution < -0.4 is 0 Å². The highest BCUT2D eigenvalue weighted by molar-refractivity contribution is 7.85. The second-order valence-corrected chi connectivity index (χ2v) is 6.33. The van der Waals surface area contributed by atoms with Gasteiger partial charge in [-0.25, -0.2) is 0 Å². The molecule has 1 amide bonds. The van der Waals surface area contributed by atoms with Gasteiger partial charge < -0.3 is 4.90 Å². The molecule has 0 spiro atoms. The van der Waals surface area contributed by atoms with E-state index in [4.69, 9.17) is 4.18 Å². The van der Waals surface area contributed by atoms with Crippen LogP contribution >= 0.6 is 0 Å². The molecule has 2 atom stereocenters. The van der Waals surface area contributed by atoms with Gasteiger partial charge in [-0.05, 0) is 11.6 Å². The highest BCUT2D eigenvalue weighted by Gasteiger charge is 2.39. The zero-order valence-electron chi connectivity index (χ0n) is 10.8. The molecule has 1 aliphatic heterocycles. The van der Waals surface area contributed by atoms with Gasteiger partial charge in [0.05, 0.1) is 18.9 Å². The van der Waals surface area contributed by atoms with Crippen LogP contribution in [0, 0.1) is 5.92 Å². The number of aromatic nitrogens is 1. The lowest BCUT2D eigenvalue weighted by Crippen LogP contribution is -2.26. The summed E-state index contributed by atoms with van der Waals surface area (Å²) in [5, 5.41) is 0. The quantitative estimate of drug-likeness (QED) is 0.756. The minimum atomic E-state index is -3.50. The first-order chi connectivity index (χ1) is 8.88. The Labute approximate surface area is 112 Å². The molecule has 0 aromatic carbocycles. The van der Waals surface area contributed by atoms with E-state index in [1.54, 1.807) is 30.4 Å². The van der Waals surface area contributed by atoms with Crippen LogP contribution in [0.3, 0.4) is 0 Å². The van der Waals surface area contributed by atoms with Gasteiger partial charge in [0.2, 0.25) is 5.91 Å². The second kappa shape index (κ2) is 5.26. The summed E-state index contributed by atoms with van der Waals surface area (Å²) in [6.45, 7) is 0.00841. The van der Waals surface area contributed by atoms with Gasteiger partial charge in [0, 0.05) is 31.8 Å². The number of likely N-dealkylation sites (tertiary alicyclic amines) is 1. The zero-order valence-corrected chi connectivity index (χ0v) is 11.6. The molecule has 2 unspecified atom stereocenters. The van der Waals surface area contributed by atoms with E-state index in [1.807, 2.05) is 6.07 Å². The number of pyridine rings is 1. The zero-order chi connectivity index (χ0) is 14.0. The first-order valence-electron chi connectivity index (χ1n) is 5.88. The van der Waals surface area contributed by atoms with Gasteiger partial charge in [-0.15, -0.1) is 0 Å². The van der Waals surface area contributed by atoms with E-state index < -0.39 is 10.1 Å². The molecule has 2 rings (SSSR count). The largest absolute Gasteiger partial charge is 0.338 e. The number of hydrogen-bond acceptors (Lipinski definition) is 5. The third-order valence-corrected chi connectivity index (χ3v) is 3.78. The molecule has 0 radical (unpaired) electrons. The van der Waals surface area contributed by atoms with Crippen molar-refractivity contribution in [2.24, 2.45) is 5.92 Å². The molecule has 104 valence electrons. The van der Waals surface area contributed by atoms with Crippen molar-refractivity contribution in [1.82, 2.24) is 9.88 Å². The van der Waals surface area contributed by atoms with Crippen molar-refractivity contribution in [3.05, 3.63) is 30.1 Å². The molecule has 6 nitrogen and oxygen atoms in total. The van der Waals surface area contributed by atoms with E-state index in [0.29, 0.717) is 0 Å². The fourth-order valence-corrected chi connectivity index (χ4v) is 2.78. The third-order valence-electron chi connectivity index (χ3n) is 3.22. The topological polar surface area (TPSA) is 76.6 Å². The number of nitrogens with zero attached hydrogens (tertiary/aromatic N) is 2. The SMILES string of the molecule is CN1C(=O)CC(COS(C)(=O)=O)C1c1cccnc1. The van der Waals surface area contributed by atoms with E-state index in [9.17, 15) is 13.2 Å². The van der Waals surface area contributed by atoms with Crippen molar-refractivity contribution in [2.45, 2.75) is 12.5 Å². The summed E-state index contributed by atoms with van der Waals surface area (Å²) >= 11 is 0. The molecule has 1 aliphatic rings. The highest BCUT2D eigenvalue weighted by Crippen LogP contribution is 2.36. The monoisotopic (exact) mass is 284 g/mol. The predicted molar refractivity (Wildman–Crippen MR) is 68.7 cm³/mol. The summed E-state index contributed by atoms with van der Waals surface area (Å²) < 4.78 is 27.0. The Kier molecular flexibility index (Phi) is 3.86. The first-order valence-corrected chi connectivity index (χ1v) is 7.70. The number of carbonyl (C=O) groups excluding carboxylic acids is 1.